The second-order valence-corrected chi connectivity index (χ2v) is 7.05. The quantitative estimate of drug-likeness (QED) is 0.497. The van der Waals surface area contributed by atoms with Gasteiger partial charge >= 0.3 is 0 Å². The van der Waals surface area contributed by atoms with Gasteiger partial charge < -0.3 is 5.32 Å². The van der Waals surface area contributed by atoms with E-state index in [1.54, 1.807) is 12.1 Å². The van der Waals surface area contributed by atoms with Crippen molar-refractivity contribution >= 4 is 44.8 Å². The molecule has 18 heavy (non-hydrogen) atoms. The van der Waals surface area contributed by atoms with Crippen molar-refractivity contribution in [3.8, 4) is 0 Å². The summed E-state index contributed by atoms with van der Waals surface area (Å²) in [7, 11) is -0.665. The molecule has 1 fully saturated rings. The van der Waals surface area contributed by atoms with Gasteiger partial charge in [-0.1, -0.05) is 0 Å². The standard InChI is InChI=1S/C11H13IN2O3S/c12-10-7-9(14(15)16)1-2-11(10)13-8-3-5-18(17)6-4-8/h1-2,7-8,13H,3-6H2. The Morgan fingerprint density at radius 1 is 1.39 bits per heavy atom. The summed E-state index contributed by atoms with van der Waals surface area (Å²) in [6, 6.07) is 5.12. The molecule has 0 saturated carbocycles. The molecule has 0 amide bonds. The average molecular weight is 380 g/mol. The van der Waals surface area contributed by atoms with Crippen molar-refractivity contribution in [3.63, 3.8) is 0 Å². The number of hydrogen-bond acceptors (Lipinski definition) is 4. The average Bonchev–Trinajstić information content (AvgIpc) is 2.34. The Labute approximate surface area is 121 Å². The second kappa shape index (κ2) is 5.96. The van der Waals surface area contributed by atoms with Crippen LogP contribution < -0.4 is 5.32 Å². The summed E-state index contributed by atoms with van der Waals surface area (Å²) in [4.78, 5) is 10.2. The van der Waals surface area contributed by atoms with Gasteiger partial charge in [0.1, 0.15) is 0 Å². The van der Waals surface area contributed by atoms with Crippen LogP contribution in [0.3, 0.4) is 0 Å². The molecule has 0 unspecified atom stereocenters. The van der Waals surface area contributed by atoms with Crippen molar-refractivity contribution in [3.05, 3.63) is 31.9 Å². The van der Waals surface area contributed by atoms with Crippen molar-refractivity contribution in [1.29, 1.82) is 0 Å². The minimum Gasteiger partial charge on any atom is -0.381 e. The van der Waals surface area contributed by atoms with Gasteiger partial charge in [0.15, 0.2) is 0 Å². The van der Waals surface area contributed by atoms with E-state index in [9.17, 15) is 14.3 Å². The third-order valence-corrected chi connectivity index (χ3v) is 5.19. The molecule has 5 nitrogen and oxygen atoms in total. The van der Waals surface area contributed by atoms with Gasteiger partial charge in [-0.05, 0) is 41.5 Å². The molecule has 1 aromatic rings. The molecular weight excluding hydrogens is 367 g/mol. The van der Waals surface area contributed by atoms with Gasteiger partial charge in [0, 0.05) is 49.7 Å². The molecule has 0 aromatic heterocycles. The van der Waals surface area contributed by atoms with Gasteiger partial charge in [0.2, 0.25) is 0 Å². The highest BCUT2D eigenvalue weighted by molar-refractivity contribution is 14.1. The van der Waals surface area contributed by atoms with E-state index in [1.165, 1.54) is 6.07 Å². The monoisotopic (exact) mass is 380 g/mol. The van der Waals surface area contributed by atoms with Crippen LogP contribution >= 0.6 is 22.6 Å². The predicted octanol–water partition coefficient (Wildman–Crippen LogP) is 2.52. The maximum Gasteiger partial charge on any atom is 0.270 e. The zero-order valence-electron chi connectivity index (χ0n) is 9.60. The number of benzene rings is 1. The van der Waals surface area contributed by atoms with Crippen LogP contribution in [0.4, 0.5) is 11.4 Å². The zero-order chi connectivity index (χ0) is 13.1. The van der Waals surface area contributed by atoms with Crippen molar-refractivity contribution < 1.29 is 9.13 Å². The maximum atomic E-state index is 11.3. The molecule has 1 N–H and O–H groups in total. The fourth-order valence-corrected chi connectivity index (χ4v) is 3.85. The lowest BCUT2D eigenvalue weighted by Crippen LogP contribution is -2.29. The van der Waals surface area contributed by atoms with Crippen molar-refractivity contribution in [1.82, 2.24) is 0 Å². The molecule has 0 radical (unpaired) electrons. The number of hydrogen-bond donors (Lipinski definition) is 1. The number of anilines is 1. The minimum atomic E-state index is -0.665. The number of halogens is 1. The van der Waals surface area contributed by atoms with Gasteiger partial charge in [-0.15, -0.1) is 0 Å². The third kappa shape index (κ3) is 3.41. The summed E-state index contributed by atoms with van der Waals surface area (Å²) in [5.41, 5.74) is 1.02. The fraction of sp³-hybridized carbons (Fsp3) is 0.455. The van der Waals surface area contributed by atoms with Gasteiger partial charge in [-0.2, -0.15) is 0 Å². The molecule has 7 heteroatoms. The van der Waals surface area contributed by atoms with Crippen molar-refractivity contribution in [2.45, 2.75) is 18.9 Å². The lowest BCUT2D eigenvalue weighted by molar-refractivity contribution is -0.384. The molecule has 1 saturated heterocycles. The molecular formula is C11H13IN2O3S. The first-order chi connectivity index (χ1) is 8.56. The highest BCUT2D eigenvalue weighted by atomic mass is 127. The molecule has 1 aliphatic rings. The lowest BCUT2D eigenvalue weighted by Gasteiger charge is -2.24. The van der Waals surface area contributed by atoms with Crippen molar-refractivity contribution in [2.24, 2.45) is 0 Å². The topological polar surface area (TPSA) is 72.2 Å². The zero-order valence-corrected chi connectivity index (χ0v) is 12.6. The van der Waals surface area contributed by atoms with Crippen molar-refractivity contribution in [2.75, 3.05) is 16.8 Å². The Kier molecular flexibility index (Phi) is 4.55. The van der Waals surface area contributed by atoms with Crippen LogP contribution in [0.5, 0.6) is 0 Å². The van der Waals surface area contributed by atoms with E-state index in [2.05, 4.69) is 27.9 Å². The molecule has 1 aliphatic heterocycles. The van der Waals surface area contributed by atoms with E-state index in [0.29, 0.717) is 6.04 Å². The Balaban J connectivity index is 2.05. The van der Waals surface area contributed by atoms with Crippen LogP contribution in [0, 0.1) is 13.7 Å². The molecule has 98 valence electrons. The van der Waals surface area contributed by atoms with Gasteiger partial charge in [0.25, 0.3) is 5.69 Å². The van der Waals surface area contributed by atoms with E-state index in [0.717, 1.165) is 33.6 Å². The molecule has 0 atom stereocenters. The summed E-state index contributed by atoms with van der Waals surface area (Å²) >= 11 is 2.09. The smallest absolute Gasteiger partial charge is 0.270 e. The van der Waals surface area contributed by atoms with Gasteiger partial charge in [0.05, 0.1) is 4.92 Å². The maximum absolute atomic E-state index is 11.3. The van der Waals surface area contributed by atoms with Crippen LogP contribution in [-0.2, 0) is 10.8 Å². The van der Waals surface area contributed by atoms with E-state index >= 15 is 0 Å². The predicted molar refractivity (Wildman–Crippen MR) is 80.3 cm³/mol. The fourth-order valence-electron chi connectivity index (χ4n) is 1.89. The number of nitro groups is 1. The van der Waals surface area contributed by atoms with Crippen LogP contribution in [0.25, 0.3) is 0 Å². The van der Waals surface area contributed by atoms with E-state index in [-0.39, 0.29) is 5.69 Å². The highest BCUT2D eigenvalue weighted by Crippen LogP contribution is 2.25. The minimum absolute atomic E-state index is 0.106. The van der Waals surface area contributed by atoms with Crippen LogP contribution in [0.2, 0.25) is 0 Å². The molecule has 0 aliphatic carbocycles. The Bertz CT molecular complexity index is 485. The van der Waals surface area contributed by atoms with E-state index < -0.39 is 15.7 Å². The summed E-state index contributed by atoms with van der Waals surface area (Å²) in [5, 5.41) is 14.0. The molecule has 1 heterocycles. The van der Waals surface area contributed by atoms with Crippen LogP contribution in [0.1, 0.15) is 12.8 Å². The first-order valence-electron chi connectivity index (χ1n) is 5.61. The van der Waals surface area contributed by atoms with Gasteiger partial charge in [-0.25, -0.2) is 0 Å². The highest BCUT2D eigenvalue weighted by Gasteiger charge is 2.18. The number of nitrogens with zero attached hydrogens (tertiary/aromatic N) is 1. The number of nitrogens with one attached hydrogen (secondary N) is 1. The number of rotatable bonds is 3. The van der Waals surface area contributed by atoms with Crippen LogP contribution in [0.15, 0.2) is 18.2 Å². The summed E-state index contributed by atoms with van der Waals surface area (Å²) in [5.74, 6) is 1.47. The number of non-ortho nitro benzene ring substituents is 1. The third-order valence-electron chi connectivity index (χ3n) is 2.91. The Morgan fingerprint density at radius 3 is 2.61 bits per heavy atom. The van der Waals surface area contributed by atoms with E-state index in [4.69, 9.17) is 0 Å². The molecule has 2 rings (SSSR count). The normalized spacial score (nSPS) is 23.6. The van der Waals surface area contributed by atoms with Crippen LogP contribution in [-0.4, -0.2) is 26.7 Å². The van der Waals surface area contributed by atoms with Gasteiger partial charge in [-0.3, -0.25) is 14.3 Å². The summed E-state index contributed by atoms with van der Waals surface area (Å²) in [6.45, 7) is 0. The molecule has 0 bridgehead atoms. The Hall–Kier alpha value is -0.700. The first-order valence-corrected chi connectivity index (χ1v) is 8.18. The molecule has 1 aromatic carbocycles. The molecule has 0 spiro atoms. The lowest BCUT2D eigenvalue weighted by atomic mass is 10.1. The largest absolute Gasteiger partial charge is 0.381 e. The number of nitro benzene ring substituents is 1. The van der Waals surface area contributed by atoms with E-state index in [1.807, 2.05) is 0 Å². The SMILES string of the molecule is O=[N+]([O-])c1ccc(NC2CCS(=O)CC2)c(I)c1. The first kappa shape index (κ1) is 13.7. The summed E-state index contributed by atoms with van der Waals surface area (Å²) in [6.07, 6.45) is 1.78. The second-order valence-electron chi connectivity index (χ2n) is 4.19. The summed E-state index contributed by atoms with van der Waals surface area (Å²) < 4.78 is 12.1. The Morgan fingerprint density at radius 2 is 2.06 bits per heavy atom.